The van der Waals surface area contributed by atoms with Crippen LogP contribution in [-0.2, 0) is 21.5 Å². The summed E-state index contributed by atoms with van der Waals surface area (Å²) in [6, 6.07) is 18.0. The molecule has 0 amide bonds. The van der Waals surface area contributed by atoms with E-state index in [1.807, 2.05) is 51.1 Å². The summed E-state index contributed by atoms with van der Waals surface area (Å²) < 4.78 is 5.61. The zero-order chi connectivity index (χ0) is 18.5. The van der Waals surface area contributed by atoms with Gasteiger partial charge in [-0.15, -0.1) is 0 Å². The molecule has 0 aromatic heterocycles. The van der Waals surface area contributed by atoms with Gasteiger partial charge in [-0.3, -0.25) is 0 Å². The van der Waals surface area contributed by atoms with Crippen LogP contribution in [0.5, 0.6) is 0 Å². The van der Waals surface area contributed by atoms with Gasteiger partial charge in [0.25, 0.3) is 0 Å². The number of aryl methyl sites for hydroxylation is 2. The van der Waals surface area contributed by atoms with Crippen molar-refractivity contribution in [1.82, 2.24) is 0 Å². The molecule has 134 valence electrons. The number of benzene rings is 2. The van der Waals surface area contributed by atoms with Crippen LogP contribution >= 0.6 is 0 Å². The number of carbonyl (C=O) groups excluding carboxylic acids is 1. The Balaban J connectivity index is 2.14. The van der Waals surface area contributed by atoms with Crippen LogP contribution in [0.25, 0.3) is 0 Å². The molecule has 0 radical (unpaired) electrons. The molecule has 3 nitrogen and oxygen atoms in total. The van der Waals surface area contributed by atoms with Crippen molar-refractivity contribution in [2.45, 2.75) is 58.1 Å². The molecule has 2 aromatic carbocycles. The van der Waals surface area contributed by atoms with Crippen molar-refractivity contribution < 1.29 is 9.53 Å². The second-order valence-corrected chi connectivity index (χ2v) is 7.68. The topological polar surface area (TPSA) is 52.3 Å². The van der Waals surface area contributed by atoms with Gasteiger partial charge in [0.05, 0.1) is 0 Å². The fourth-order valence-electron chi connectivity index (χ4n) is 2.80. The van der Waals surface area contributed by atoms with Crippen LogP contribution in [0, 0.1) is 6.92 Å². The number of hydrogen-bond acceptors (Lipinski definition) is 3. The normalized spacial score (nSPS) is 14.0. The van der Waals surface area contributed by atoms with Gasteiger partial charge in [0, 0.05) is 0 Å². The Morgan fingerprint density at radius 2 is 1.60 bits per heavy atom. The van der Waals surface area contributed by atoms with Gasteiger partial charge in [0.1, 0.15) is 11.1 Å². The lowest BCUT2D eigenvalue weighted by Crippen LogP contribution is -2.48. The third-order valence-electron chi connectivity index (χ3n) is 4.21. The van der Waals surface area contributed by atoms with Gasteiger partial charge >= 0.3 is 5.97 Å². The smallest absolute Gasteiger partial charge is 0.331 e. The molecular formula is C22H29NO2. The molecule has 0 spiro atoms. The average molecular weight is 339 g/mol. The zero-order valence-corrected chi connectivity index (χ0v) is 15.7. The molecular weight excluding hydrogens is 310 g/mol. The van der Waals surface area contributed by atoms with E-state index in [9.17, 15) is 4.79 Å². The highest BCUT2D eigenvalue weighted by atomic mass is 16.6. The average Bonchev–Trinajstić information content (AvgIpc) is 2.56. The lowest BCUT2D eigenvalue weighted by Gasteiger charge is -2.31. The number of rotatable bonds is 6. The maximum atomic E-state index is 12.8. The lowest BCUT2D eigenvalue weighted by atomic mass is 9.85. The van der Waals surface area contributed by atoms with E-state index >= 15 is 0 Å². The summed E-state index contributed by atoms with van der Waals surface area (Å²) in [5, 5.41) is 0. The van der Waals surface area contributed by atoms with Crippen LogP contribution in [0.15, 0.2) is 54.6 Å². The monoisotopic (exact) mass is 339 g/mol. The maximum absolute atomic E-state index is 12.8. The molecule has 2 rings (SSSR count). The standard InChI is InChI=1S/C22H29NO2/c1-17-12-14-18(15-13-17)9-8-16-22(23,19-10-6-5-7-11-19)20(24)25-21(2,3)4/h5-7,10-15H,8-9,16,23H2,1-4H3/t22-/m1/s1. The van der Waals surface area contributed by atoms with E-state index in [-0.39, 0.29) is 5.97 Å². The number of nitrogens with two attached hydrogens (primary N) is 1. The van der Waals surface area contributed by atoms with E-state index in [0.29, 0.717) is 6.42 Å². The molecule has 0 aliphatic carbocycles. The number of carbonyl (C=O) groups is 1. The third kappa shape index (κ3) is 5.43. The van der Waals surface area contributed by atoms with Crippen molar-refractivity contribution in [1.29, 1.82) is 0 Å². The summed E-state index contributed by atoms with van der Waals surface area (Å²) in [6.07, 6.45) is 2.24. The number of ether oxygens (including phenoxy) is 1. The van der Waals surface area contributed by atoms with E-state index in [1.54, 1.807) is 0 Å². The van der Waals surface area contributed by atoms with Crippen LogP contribution in [0.1, 0.15) is 50.3 Å². The summed E-state index contributed by atoms with van der Waals surface area (Å²) in [7, 11) is 0. The molecule has 0 fully saturated rings. The molecule has 0 aliphatic heterocycles. The Kier molecular flexibility index (Phi) is 6.02. The van der Waals surface area contributed by atoms with Gasteiger partial charge in [-0.25, -0.2) is 4.79 Å². The first-order valence-corrected chi connectivity index (χ1v) is 8.84. The van der Waals surface area contributed by atoms with Gasteiger partial charge in [0.15, 0.2) is 0 Å². The molecule has 3 heteroatoms. The second kappa shape index (κ2) is 7.83. The molecule has 2 N–H and O–H groups in total. The van der Waals surface area contributed by atoms with Crippen molar-refractivity contribution in [2.24, 2.45) is 5.73 Å². The molecule has 25 heavy (non-hydrogen) atoms. The first-order valence-electron chi connectivity index (χ1n) is 8.84. The fourth-order valence-corrected chi connectivity index (χ4v) is 2.80. The molecule has 0 heterocycles. The Morgan fingerprint density at radius 3 is 2.16 bits per heavy atom. The van der Waals surface area contributed by atoms with E-state index in [2.05, 4.69) is 31.2 Å². The third-order valence-corrected chi connectivity index (χ3v) is 4.21. The molecule has 0 unspecified atom stereocenters. The summed E-state index contributed by atoms with van der Waals surface area (Å²) in [4.78, 5) is 12.8. The molecule has 2 aromatic rings. The second-order valence-electron chi connectivity index (χ2n) is 7.68. The van der Waals surface area contributed by atoms with Gasteiger partial charge in [-0.2, -0.15) is 0 Å². The minimum atomic E-state index is -1.13. The predicted molar refractivity (Wildman–Crippen MR) is 102 cm³/mol. The quantitative estimate of drug-likeness (QED) is 0.788. The molecule has 0 bridgehead atoms. The van der Waals surface area contributed by atoms with Gasteiger partial charge < -0.3 is 10.5 Å². The fraction of sp³-hybridized carbons (Fsp3) is 0.409. The Labute approximate surface area is 151 Å². The van der Waals surface area contributed by atoms with Crippen molar-refractivity contribution in [3.05, 3.63) is 71.3 Å². The van der Waals surface area contributed by atoms with Crippen LogP contribution in [0.3, 0.4) is 0 Å². The number of hydrogen-bond donors (Lipinski definition) is 1. The molecule has 0 saturated carbocycles. The highest BCUT2D eigenvalue weighted by Gasteiger charge is 2.39. The minimum absolute atomic E-state index is 0.366. The summed E-state index contributed by atoms with van der Waals surface area (Å²) in [6.45, 7) is 7.67. The lowest BCUT2D eigenvalue weighted by molar-refractivity contribution is -0.162. The van der Waals surface area contributed by atoms with Crippen LogP contribution in [0.4, 0.5) is 0 Å². The molecule has 0 aliphatic rings. The van der Waals surface area contributed by atoms with Gasteiger partial charge in [0.2, 0.25) is 0 Å². The Hall–Kier alpha value is -2.13. The van der Waals surface area contributed by atoms with Crippen molar-refractivity contribution in [2.75, 3.05) is 0 Å². The SMILES string of the molecule is Cc1ccc(CCC[C@](N)(C(=O)OC(C)(C)C)c2ccccc2)cc1. The number of esters is 1. The van der Waals surface area contributed by atoms with Crippen LogP contribution in [0.2, 0.25) is 0 Å². The van der Waals surface area contributed by atoms with Crippen LogP contribution < -0.4 is 5.73 Å². The van der Waals surface area contributed by atoms with E-state index in [1.165, 1.54) is 11.1 Å². The summed E-state index contributed by atoms with van der Waals surface area (Å²) in [5.74, 6) is -0.366. The highest BCUT2D eigenvalue weighted by Crippen LogP contribution is 2.28. The maximum Gasteiger partial charge on any atom is 0.331 e. The summed E-state index contributed by atoms with van der Waals surface area (Å²) >= 11 is 0. The minimum Gasteiger partial charge on any atom is -0.458 e. The van der Waals surface area contributed by atoms with E-state index in [0.717, 1.165) is 18.4 Å². The predicted octanol–water partition coefficient (Wildman–Crippen LogP) is 4.51. The molecule has 0 saturated heterocycles. The van der Waals surface area contributed by atoms with Crippen molar-refractivity contribution in [3.63, 3.8) is 0 Å². The van der Waals surface area contributed by atoms with Crippen LogP contribution in [-0.4, -0.2) is 11.6 Å². The first kappa shape index (κ1) is 19.2. The highest BCUT2D eigenvalue weighted by molar-refractivity contribution is 5.82. The van der Waals surface area contributed by atoms with Crippen molar-refractivity contribution in [3.8, 4) is 0 Å². The summed E-state index contributed by atoms with van der Waals surface area (Å²) in [5.41, 5.74) is 8.20. The van der Waals surface area contributed by atoms with E-state index < -0.39 is 11.1 Å². The largest absolute Gasteiger partial charge is 0.458 e. The van der Waals surface area contributed by atoms with Crippen molar-refractivity contribution >= 4 is 5.97 Å². The van der Waals surface area contributed by atoms with Gasteiger partial charge in [-0.1, -0.05) is 60.2 Å². The zero-order valence-electron chi connectivity index (χ0n) is 15.7. The molecule has 1 atom stereocenters. The Bertz CT molecular complexity index is 686. The van der Waals surface area contributed by atoms with E-state index in [4.69, 9.17) is 10.5 Å². The van der Waals surface area contributed by atoms with Gasteiger partial charge in [-0.05, 0) is 58.1 Å². The first-order chi connectivity index (χ1) is 11.7. The Morgan fingerprint density at radius 1 is 1.00 bits per heavy atom.